The fourth-order valence-electron chi connectivity index (χ4n) is 1.81. The fourth-order valence-corrected chi connectivity index (χ4v) is 3.05. The first-order valence-corrected chi connectivity index (χ1v) is 6.51. The largest absolute Gasteiger partial charge is 0.394 e. The lowest BCUT2D eigenvalue weighted by Crippen LogP contribution is -2.43. The van der Waals surface area contributed by atoms with Crippen LogP contribution in [0.15, 0.2) is 6.20 Å². The molecular formula is C10H15ClN4S. The van der Waals surface area contributed by atoms with E-state index in [9.17, 15) is 0 Å². The Kier molecular flexibility index (Phi) is 3.17. The lowest BCUT2D eigenvalue weighted by atomic mass is 10.2. The summed E-state index contributed by atoms with van der Waals surface area (Å²) in [6, 6.07) is 0. The van der Waals surface area contributed by atoms with Crippen LogP contribution in [-0.4, -0.2) is 33.6 Å². The van der Waals surface area contributed by atoms with Gasteiger partial charge in [0.05, 0.1) is 11.9 Å². The Bertz CT molecular complexity index is 396. The van der Waals surface area contributed by atoms with Gasteiger partial charge < -0.3 is 10.6 Å². The van der Waals surface area contributed by atoms with Crippen molar-refractivity contribution in [3.8, 4) is 0 Å². The van der Waals surface area contributed by atoms with Crippen LogP contribution in [0.25, 0.3) is 0 Å². The minimum atomic E-state index is 0.224. The highest BCUT2D eigenvalue weighted by molar-refractivity contribution is 8.00. The molecule has 0 radical (unpaired) electrons. The highest BCUT2D eigenvalue weighted by atomic mass is 35.5. The Morgan fingerprint density at radius 3 is 3.00 bits per heavy atom. The molecule has 0 saturated carbocycles. The predicted molar refractivity (Wildman–Crippen MR) is 70.2 cm³/mol. The van der Waals surface area contributed by atoms with Crippen LogP contribution in [0.2, 0.25) is 5.28 Å². The van der Waals surface area contributed by atoms with Crippen LogP contribution in [-0.2, 0) is 0 Å². The minimum absolute atomic E-state index is 0.224. The zero-order chi connectivity index (χ0) is 11.8. The van der Waals surface area contributed by atoms with Gasteiger partial charge in [0.1, 0.15) is 0 Å². The summed E-state index contributed by atoms with van der Waals surface area (Å²) in [4.78, 5) is 10.3. The summed E-state index contributed by atoms with van der Waals surface area (Å²) in [5.74, 6) is 1.84. The summed E-state index contributed by atoms with van der Waals surface area (Å²) in [5.41, 5.74) is 6.47. The van der Waals surface area contributed by atoms with Gasteiger partial charge in [0, 0.05) is 23.6 Å². The third-order valence-corrected chi connectivity index (χ3v) is 3.97. The summed E-state index contributed by atoms with van der Waals surface area (Å²) < 4.78 is 0.224. The molecule has 88 valence electrons. The van der Waals surface area contributed by atoms with Crippen LogP contribution in [0.3, 0.4) is 0 Å². The van der Waals surface area contributed by atoms with Crippen LogP contribution in [0.1, 0.15) is 13.8 Å². The molecule has 1 fully saturated rings. The quantitative estimate of drug-likeness (QED) is 0.782. The molecule has 0 amide bonds. The van der Waals surface area contributed by atoms with Gasteiger partial charge in [0.25, 0.3) is 0 Å². The Morgan fingerprint density at radius 2 is 2.31 bits per heavy atom. The van der Waals surface area contributed by atoms with Gasteiger partial charge in [-0.1, -0.05) is 0 Å². The van der Waals surface area contributed by atoms with E-state index >= 15 is 0 Å². The maximum absolute atomic E-state index is 5.88. The first-order valence-electron chi connectivity index (χ1n) is 5.15. The van der Waals surface area contributed by atoms with Gasteiger partial charge in [-0.25, -0.2) is 4.98 Å². The molecule has 1 saturated heterocycles. The van der Waals surface area contributed by atoms with Crippen LogP contribution in [0.5, 0.6) is 0 Å². The third-order valence-electron chi connectivity index (χ3n) is 2.49. The summed E-state index contributed by atoms with van der Waals surface area (Å²) in [6.07, 6.45) is 1.57. The normalized spacial score (nSPS) is 19.8. The molecule has 0 aliphatic carbocycles. The number of nitrogens with zero attached hydrogens (tertiary/aromatic N) is 3. The van der Waals surface area contributed by atoms with Crippen molar-refractivity contribution >= 4 is 34.9 Å². The maximum atomic E-state index is 5.88. The first kappa shape index (κ1) is 11.8. The maximum Gasteiger partial charge on any atom is 0.224 e. The topological polar surface area (TPSA) is 55.0 Å². The number of thioether (sulfide) groups is 1. The van der Waals surface area contributed by atoms with Gasteiger partial charge >= 0.3 is 0 Å². The van der Waals surface area contributed by atoms with E-state index in [0.29, 0.717) is 5.69 Å². The van der Waals surface area contributed by atoms with Crippen molar-refractivity contribution in [2.75, 3.05) is 29.5 Å². The summed E-state index contributed by atoms with van der Waals surface area (Å²) >= 11 is 7.77. The van der Waals surface area contributed by atoms with E-state index in [4.69, 9.17) is 17.3 Å². The average molecular weight is 259 g/mol. The second-order valence-corrected chi connectivity index (χ2v) is 6.59. The van der Waals surface area contributed by atoms with E-state index in [1.165, 1.54) is 0 Å². The van der Waals surface area contributed by atoms with Crippen molar-refractivity contribution < 1.29 is 0 Å². The molecule has 0 bridgehead atoms. The van der Waals surface area contributed by atoms with Gasteiger partial charge in [-0.3, -0.25) is 0 Å². The van der Waals surface area contributed by atoms with Gasteiger partial charge in [0.2, 0.25) is 5.28 Å². The Hall–Kier alpha value is -0.680. The molecule has 6 heteroatoms. The SMILES string of the molecule is CC1(C)CN(c2nc(Cl)ncc2N)CCS1. The summed E-state index contributed by atoms with van der Waals surface area (Å²) in [6.45, 7) is 6.33. The second kappa shape index (κ2) is 4.30. The predicted octanol–water partition coefficient (Wildman–Crippen LogP) is 2.04. The van der Waals surface area contributed by atoms with E-state index in [1.807, 2.05) is 11.8 Å². The van der Waals surface area contributed by atoms with Gasteiger partial charge in [0.15, 0.2) is 5.82 Å². The standard InChI is InChI=1S/C10H15ClN4S/c1-10(2)6-15(3-4-16-10)8-7(12)5-13-9(11)14-8/h5H,3-4,6,12H2,1-2H3. The van der Waals surface area contributed by atoms with E-state index in [2.05, 4.69) is 28.7 Å². The first-order chi connectivity index (χ1) is 7.48. The van der Waals surface area contributed by atoms with Gasteiger partial charge in [-0.15, -0.1) is 0 Å². The fraction of sp³-hybridized carbons (Fsp3) is 0.600. The van der Waals surface area contributed by atoms with Crippen LogP contribution in [0, 0.1) is 0 Å². The summed E-state index contributed by atoms with van der Waals surface area (Å²) in [7, 11) is 0. The van der Waals surface area contributed by atoms with Crippen LogP contribution < -0.4 is 10.6 Å². The molecular weight excluding hydrogens is 244 g/mol. The number of halogens is 1. The second-order valence-electron chi connectivity index (χ2n) is 4.45. The lowest BCUT2D eigenvalue weighted by Gasteiger charge is -2.38. The average Bonchev–Trinajstić information content (AvgIpc) is 2.20. The Balaban J connectivity index is 2.26. The number of nitrogens with two attached hydrogens (primary N) is 1. The highest BCUT2D eigenvalue weighted by Crippen LogP contribution is 2.33. The number of anilines is 2. The molecule has 1 aromatic heterocycles. The molecule has 2 heterocycles. The molecule has 0 aromatic carbocycles. The Morgan fingerprint density at radius 1 is 1.56 bits per heavy atom. The number of hydrogen-bond acceptors (Lipinski definition) is 5. The van der Waals surface area contributed by atoms with Crippen molar-refractivity contribution in [2.45, 2.75) is 18.6 Å². The molecule has 2 rings (SSSR count). The molecule has 1 aliphatic heterocycles. The number of aromatic nitrogens is 2. The van der Waals surface area contributed by atoms with Gasteiger partial charge in [-0.05, 0) is 25.4 Å². The highest BCUT2D eigenvalue weighted by Gasteiger charge is 2.28. The van der Waals surface area contributed by atoms with Gasteiger partial charge in [-0.2, -0.15) is 16.7 Å². The molecule has 0 unspecified atom stereocenters. The van der Waals surface area contributed by atoms with E-state index in [-0.39, 0.29) is 10.0 Å². The van der Waals surface area contributed by atoms with Crippen LogP contribution in [0.4, 0.5) is 11.5 Å². The van der Waals surface area contributed by atoms with Crippen molar-refractivity contribution in [3.63, 3.8) is 0 Å². The molecule has 0 spiro atoms. The zero-order valence-electron chi connectivity index (χ0n) is 9.40. The van der Waals surface area contributed by atoms with Crippen molar-refractivity contribution in [1.29, 1.82) is 0 Å². The lowest BCUT2D eigenvalue weighted by molar-refractivity contribution is 0.642. The molecule has 16 heavy (non-hydrogen) atoms. The molecule has 2 N–H and O–H groups in total. The molecule has 1 aromatic rings. The number of rotatable bonds is 1. The van der Waals surface area contributed by atoms with Crippen molar-refractivity contribution in [2.24, 2.45) is 0 Å². The number of nitrogen functional groups attached to an aromatic ring is 1. The van der Waals surface area contributed by atoms with E-state index in [0.717, 1.165) is 24.7 Å². The van der Waals surface area contributed by atoms with Crippen LogP contribution >= 0.6 is 23.4 Å². The molecule has 1 aliphatic rings. The van der Waals surface area contributed by atoms with E-state index in [1.54, 1.807) is 6.20 Å². The van der Waals surface area contributed by atoms with E-state index < -0.39 is 0 Å². The Labute approximate surface area is 105 Å². The smallest absolute Gasteiger partial charge is 0.224 e. The number of hydrogen-bond donors (Lipinski definition) is 1. The zero-order valence-corrected chi connectivity index (χ0v) is 11.0. The van der Waals surface area contributed by atoms with Crippen molar-refractivity contribution in [3.05, 3.63) is 11.5 Å². The summed E-state index contributed by atoms with van der Waals surface area (Å²) in [5, 5.41) is 0.250. The van der Waals surface area contributed by atoms with Crippen molar-refractivity contribution in [1.82, 2.24) is 9.97 Å². The minimum Gasteiger partial charge on any atom is -0.394 e. The molecule has 0 atom stereocenters. The third kappa shape index (κ3) is 2.52. The molecule has 4 nitrogen and oxygen atoms in total. The monoisotopic (exact) mass is 258 g/mol.